The molecule has 2 fully saturated rings. The zero-order valence-corrected chi connectivity index (χ0v) is 40.4. The molecule has 14 nitrogen and oxygen atoms in total. The second-order valence-electron chi connectivity index (χ2n) is 17.6. The Morgan fingerprint density at radius 2 is 0.985 bits per heavy atom. The Bertz CT molecular complexity index is 1320. The summed E-state index contributed by atoms with van der Waals surface area (Å²) in [5.74, 6) is -0.393. The molecule has 14 heteroatoms. The van der Waals surface area contributed by atoms with Crippen molar-refractivity contribution in [2.45, 2.75) is 229 Å². The third-order valence-electron chi connectivity index (χ3n) is 11.8. The first-order chi connectivity index (χ1) is 32.1. The van der Waals surface area contributed by atoms with Gasteiger partial charge < -0.3 is 64.2 Å². The van der Waals surface area contributed by atoms with Crippen molar-refractivity contribution in [1.29, 1.82) is 0 Å². The molecule has 0 amide bonds. The van der Waals surface area contributed by atoms with Crippen LogP contribution in [0, 0.1) is 0 Å². The van der Waals surface area contributed by atoms with Crippen molar-refractivity contribution in [2.75, 3.05) is 33.0 Å². The molecule has 0 saturated carbocycles. The second-order valence-corrected chi connectivity index (χ2v) is 17.6. The molecule has 66 heavy (non-hydrogen) atoms. The molecule has 0 radical (unpaired) electrons. The van der Waals surface area contributed by atoms with E-state index in [1.165, 1.54) is 38.5 Å². The highest BCUT2D eigenvalue weighted by atomic mass is 16.7. The summed E-state index contributed by atoms with van der Waals surface area (Å²) in [5, 5.41) is 72.1. The smallest absolute Gasteiger partial charge is 0.306 e. The van der Waals surface area contributed by atoms with Crippen molar-refractivity contribution in [2.24, 2.45) is 0 Å². The average Bonchev–Trinajstić information content (AvgIpc) is 3.31. The highest BCUT2D eigenvalue weighted by Gasteiger charge is 2.47. The largest absolute Gasteiger partial charge is 0.457 e. The molecule has 0 aromatic rings. The van der Waals surface area contributed by atoms with Crippen LogP contribution in [0.15, 0.2) is 60.8 Å². The molecule has 0 aromatic carbocycles. The quantitative estimate of drug-likeness (QED) is 0.0183. The fraction of sp³-hybridized carbons (Fsp3) is 0.788. The summed E-state index contributed by atoms with van der Waals surface area (Å²) in [6.07, 6.45) is 30.0. The minimum absolute atomic E-state index is 0.0483. The SMILES string of the molecule is CC/C=C\C/C=C\C/C=C\C/C=C\CCCCCCCCCOCC(COC1OC(COC2OC(CO)C(O)C(O)C2O)C(O)C(O)C1O)OC(=O)CCCCCCC/C=C\CCCCC. The summed E-state index contributed by atoms with van der Waals surface area (Å²) >= 11 is 0. The van der Waals surface area contributed by atoms with E-state index in [2.05, 4.69) is 74.6 Å². The monoisotopic (exact) mass is 939 g/mol. The lowest BCUT2D eigenvalue weighted by Gasteiger charge is -2.42. The Kier molecular flexibility index (Phi) is 35.8. The van der Waals surface area contributed by atoms with Gasteiger partial charge in [-0.05, 0) is 77.0 Å². The maximum absolute atomic E-state index is 13.0. The first-order valence-electron chi connectivity index (χ1n) is 25.4. The number of esters is 1. The van der Waals surface area contributed by atoms with Crippen molar-refractivity contribution in [3.63, 3.8) is 0 Å². The molecule has 382 valence electrons. The van der Waals surface area contributed by atoms with Crippen molar-refractivity contribution in [3.8, 4) is 0 Å². The first kappa shape index (κ1) is 59.8. The number of carbonyl (C=O) groups is 1. The molecule has 7 N–H and O–H groups in total. The Hall–Kier alpha value is -2.31. The van der Waals surface area contributed by atoms with Crippen molar-refractivity contribution in [1.82, 2.24) is 0 Å². The van der Waals surface area contributed by atoms with Crippen molar-refractivity contribution in [3.05, 3.63) is 60.8 Å². The van der Waals surface area contributed by atoms with Gasteiger partial charge in [0.05, 0.1) is 26.4 Å². The fourth-order valence-electron chi connectivity index (χ4n) is 7.62. The molecule has 2 saturated heterocycles. The van der Waals surface area contributed by atoms with E-state index in [0.29, 0.717) is 13.0 Å². The van der Waals surface area contributed by atoms with Crippen LogP contribution in [0.2, 0.25) is 0 Å². The normalized spacial score (nSPS) is 26.8. The topological polar surface area (TPSA) is 214 Å². The molecule has 0 bridgehead atoms. The Morgan fingerprint density at radius 1 is 0.515 bits per heavy atom. The van der Waals surface area contributed by atoms with E-state index < -0.39 is 86.7 Å². The average molecular weight is 939 g/mol. The second kappa shape index (κ2) is 39.5. The highest BCUT2D eigenvalue weighted by Crippen LogP contribution is 2.26. The van der Waals surface area contributed by atoms with Gasteiger partial charge in [0.25, 0.3) is 0 Å². The number of rotatable bonds is 39. The first-order valence-corrected chi connectivity index (χ1v) is 25.4. The van der Waals surface area contributed by atoms with E-state index in [1.54, 1.807) is 0 Å². The molecule has 2 rings (SSSR count). The number of aliphatic hydroxyl groups is 7. The van der Waals surface area contributed by atoms with Gasteiger partial charge in [-0.2, -0.15) is 0 Å². The molecule has 0 aliphatic carbocycles. The van der Waals surface area contributed by atoms with E-state index in [0.717, 1.165) is 96.3 Å². The number of hydrogen-bond donors (Lipinski definition) is 7. The lowest BCUT2D eigenvalue weighted by molar-refractivity contribution is -0.332. The van der Waals surface area contributed by atoms with Crippen LogP contribution in [0.4, 0.5) is 0 Å². The third kappa shape index (κ3) is 27.0. The van der Waals surface area contributed by atoms with Gasteiger partial charge in [0.15, 0.2) is 12.6 Å². The van der Waals surface area contributed by atoms with E-state index in [1.807, 2.05) is 0 Å². The number of carbonyl (C=O) groups excluding carboxylic acids is 1. The fourth-order valence-corrected chi connectivity index (χ4v) is 7.62. The molecular weight excluding hydrogens is 849 g/mol. The zero-order chi connectivity index (χ0) is 48.0. The van der Waals surface area contributed by atoms with Crippen LogP contribution < -0.4 is 0 Å². The van der Waals surface area contributed by atoms with Gasteiger partial charge >= 0.3 is 5.97 Å². The highest BCUT2D eigenvalue weighted by molar-refractivity contribution is 5.69. The van der Waals surface area contributed by atoms with Gasteiger partial charge in [-0.25, -0.2) is 0 Å². The van der Waals surface area contributed by atoms with Gasteiger partial charge in [-0.3, -0.25) is 4.79 Å². The summed E-state index contributed by atoms with van der Waals surface area (Å²) in [7, 11) is 0. The summed E-state index contributed by atoms with van der Waals surface area (Å²) in [4.78, 5) is 13.0. The van der Waals surface area contributed by atoms with E-state index in [-0.39, 0.29) is 19.6 Å². The summed E-state index contributed by atoms with van der Waals surface area (Å²) in [6, 6.07) is 0. The van der Waals surface area contributed by atoms with Crippen molar-refractivity contribution < 1.29 is 69.0 Å². The van der Waals surface area contributed by atoms with E-state index in [4.69, 9.17) is 28.4 Å². The number of hydrogen-bond acceptors (Lipinski definition) is 14. The Balaban J connectivity index is 1.76. The molecular formula is C52H90O14. The molecule has 2 heterocycles. The van der Waals surface area contributed by atoms with Crippen molar-refractivity contribution >= 4 is 5.97 Å². The van der Waals surface area contributed by atoms with Crippen LogP contribution in [0.25, 0.3) is 0 Å². The lowest BCUT2D eigenvalue weighted by Crippen LogP contribution is -2.61. The van der Waals surface area contributed by atoms with Gasteiger partial charge in [0.1, 0.15) is 54.9 Å². The summed E-state index contributed by atoms with van der Waals surface area (Å²) in [6.45, 7) is 3.49. The number of aliphatic hydroxyl groups excluding tert-OH is 7. The minimum Gasteiger partial charge on any atom is -0.457 e. The van der Waals surface area contributed by atoms with Crippen LogP contribution >= 0.6 is 0 Å². The number of allylic oxidation sites excluding steroid dienone is 10. The molecule has 11 atom stereocenters. The van der Waals surface area contributed by atoms with Crippen LogP contribution in [-0.4, -0.2) is 142 Å². The van der Waals surface area contributed by atoms with Crippen LogP contribution in [0.5, 0.6) is 0 Å². The maximum Gasteiger partial charge on any atom is 0.306 e. The summed E-state index contributed by atoms with van der Waals surface area (Å²) < 4.78 is 34.2. The van der Waals surface area contributed by atoms with Gasteiger partial charge in [0.2, 0.25) is 0 Å². The standard InChI is InChI=1S/C52H90O14/c1-3-5-7-9-11-13-15-17-18-19-20-21-22-23-24-26-28-30-32-34-36-61-38-41(64-44(54)35-33-31-29-27-25-16-14-12-10-8-6-4-2)39-62-51-50(60)48(58)46(56)43(66-51)40-63-52-49(59)47(57)45(55)42(37-53)65-52/h5,7,11-14,17-18,20-21,41-43,45-53,55-60H,3-4,6,8-10,15-16,19,22-40H2,1-2H3/b7-5-,13-11-,14-12-,18-17-,21-20-. The van der Waals surface area contributed by atoms with Crippen LogP contribution in [0.3, 0.4) is 0 Å². The predicted octanol–water partition coefficient (Wildman–Crippen LogP) is 7.35. The number of ether oxygens (including phenoxy) is 6. The molecule has 0 spiro atoms. The molecule has 2 aliphatic rings. The molecule has 0 aromatic heterocycles. The predicted molar refractivity (Wildman–Crippen MR) is 256 cm³/mol. The Morgan fingerprint density at radius 3 is 1.56 bits per heavy atom. The van der Waals surface area contributed by atoms with Crippen LogP contribution in [-0.2, 0) is 33.2 Å². The Labute approximate surface area is 396 Å². The molecule has 11 unspecified atom stereocenters. The van der Waals surface area contributed by atoms with Gasteiger partial charge in [0, 0.05) is 13.0 Å². The lowest BCUT2D eigenvalue weighted by atomic mass is 9.98. The van der Waals surface area contributed by atoms with Crippen LogP contribution in [0.1, 0.15) is 162 Å². The molecule has 2 aliphatic heterocycles. The zero-order valence-electron chi connectivity index (χ0n) is 40.4. The third-order valence-corrected chi connectivity index (χ3v) is 11.8. The van der Waals surface area contributed by atoms with Gasteiger partial charge in [-0.15, -0.1) is 0 Å². The van der Waals surface area contributed by atoms with E-state index in [9.17, 15) is 40.5 Å². The number of unbranched alkanes of at least 4 members (excludes halogenated alkanes) is 15. The maximum atomic E-state index is 13.0. The van der Waals surface area contributed by atoms with Gasteiger partial charge in [-0.1, -0.05) is 139 Å². The summed E-state index contributed by atoms with van der Waals surface area (Å²) in [5.41, 5.74) is 0. The van der Waals surface area contributed by atoms with E-state index >= 15 is 0 Å². The minimum atomic E-state index is -1.71.